The molecule has 0 fully saturated rings. The van der Waals surface area contributed by atoms with Crippen molar-refractivity contribution in [3.05, 3.63) is 29.8 Å². The molecule has 1 aromatic rings. The highest BCUT2D eigenvalue weighted by Crippen LogP contribution is 2.14. The van der Waals surface area contributed by atoms with Crippen molar-refractivity contribution in [2.45, 2.75) is 20.3 Å². The Morgan fingerprint density at radius 2 is 1.80 bits per heavy atom. The molecule has 1 aromatic carbocycles. The predicted molar refractivity (Wildman–Crippen MR) is 67.6 cm³/mol. The summed E-state index contributed by atoms with van der Waals surface area (Å²) in [7, 11) is 2.00. The summed E-state index contributed by atoms with van der Waals surface area (Å²) in [6, 6.07) is 8.77. The second-order valence-corrected chi connectivity index (χ2v) is 3.93. The van der Waals surface area contributed by atoms with Crippen molar-refractivity contribution in [3.63, 3.8) is 0 Å². The maximum absolute atomic E-state index is 3.20. The lowest BCUT2D eigenvalue weighted by atomic mass is 10.2. The number of aryl methyl sites for hydroxylation is 1. The number of hydrogen-bond acceptors (Lipinski definition) is 2. The highest BCUT2D eigenvalue weighted by Gasteiger charge is 2.03. The molecule has 1 N–H and O–H groups in total. The molecule has 0 bridgehead atoms. The van der Waals surface area contributed by atoms with Gasteiger partial charge in [-0.1, -0.05) is 24.6 Å². The molecule has 0 aliphatic carbocycles. The van der Waals surface area contributed by atoms with Gasteiger partial charge in [-0.15, -0.1) is 0 Å². The van der Waals surface area contributed by atoms with Crippen molar-refractivity contribution in [3.8, 4) is 0 Å². The quantitative estimate of drug-likeness (QED) is 0.769. The second kappa shape index (κ2) is 6.46. The standard InChI is InChI=1S/C13H22N2/c1-4-10-15(11-9-14-3)13-7-5-12(2)6-8-13/h5-8,14H,4,9-11H2,1-3H3. The highest BCUT2D eigenvalue weighted by molar-refractivity contribution is 5.47. The van der Waals surface area contributed by atoms with Crippen LogP contribution in [-0.4, -0.2) is 26.7 Å². The summed E-state index contributed by atoms with van der Waals surface area (Å²) in [4.78, 5) is 2.43. The van der Waals surface area contributed by atoms with E-state index in [4.69, 9.17) is 0 Å². The molecule has 0 atom stereocenters. The minimum atomic E-state index is 1.04. The zero-order valence-electron chi connectivity index (χ0n) is 10.1. The lowest BCUT2D eigenvalue weighted by molar-refractivity contribution is 0.710. The molecule has 2 nitrogen and oxygen atoms in total. The monoisotopic (exact) mass is 206 g/mol. The van der Waals surface area contributed by atoms with Crippen molar-refractivity contribution in [1.29, 1.82) is 0 Å². The predicted octanol–water partition coefficient (Wildman–Crippen LogP) is 2.43. The van der Waals surface area contributed by atoms with Crippen molar-refractivity contribution >= 4 is 5.69 Å². The third-order valence-corrected chi connectivity index (χ3v) is 2.52. The Bertz CT molecular complexity index is 266. The number of rotatable bonds is 6. The maximum Gasteiger partial charge on any atom is 0.0366 e. The van der Waals surface area contributed by atoms with Gasteiger partial charge >= 0.3 is 0 Å². The first-order chi connectivity index (χ1) is 7.27. The first kappa shape index (κ1) is 12.1. The van der Waals surface area contributed by atoms with Crippen molar-refractivity contribution in [2.75, 3.05) is 31.6 Å². The Labute approximate surface area is 93.3 Å². The summed E-state index contributed by atoms with van der Waals surface area (Å²) < 4.78 is 0. The van der Waals surface area contributed by atoms with Crippen LogP contribution in [0.4, 0.5) is 5.69 Å². The van der Waals surface area contributed by atoms with Crippen molar-refractivity contribution < 1.29 is 0 Å². The zero-order chi connectivity index (χ0) is 11.1. The van der Waals surface area contributed by atoms with Crippen LogP contribution in [-0.2, 0) is 0 Å². The Morgan fingerprint density at radius 1 is 1.13 bits per heavy atom. The van der Waals surface area contributed by atoms with Crippen molar-refractivity contribution in [2.24, 2.45) is 0 Å². The van der Waals surface area contributed by atoms with Gasteiger partial charge in [0.25, 0.3) is 0 Å². The Balaban J connectivity index is 2.65. The smallest absolute Gasteiger partial charge is 0.0366 e. The molecule has 0 aliphatic heterocycles. The van der Waals surface area contributed by atoms with Gasteiger partial charge < -0.3 is 10.2 Å². The summed E-state index contributed by atoms with van der Waals surface area (Å²) >= 11 is 0. The summed E-state index contributed by atoms with van der Waals surface area (Å²) in [5.74, 6) is 0. The van der Waals surface area contributed by atoms with Crippen LogP contribution < -0.4 is 10.2 Å². The van der Waals surface area contributed by atoms with Gasteiger partial charge in [-0.2, -0.15) is 0 Å². The van der Waals surface area contributed by atoms with Gasteiger partial charge in [0.05, 0.1) is 0 Å². The van der Waals surface area contributed by atoms with E-state index in [0.717, 1.165) is 19.6 Å². The van der Waals surface area contributed by atoms with Crippen molar-refractivity contribution in [1.82, 2.24) is 5.32 Å². The summed E-state index contributed by atoms with van der Waals surface area (Å²) in [6.45, 7) is 7.59. The summed E-state index contributed by atoms with van der Waals surface area (Å²) in [5, 5.41) is 3.20. The third-order valence-electron chi connectivity index (χ3n) is 2.52. The molecule has 0 unspecified atom stereocenters. The lowest BCUT2D eigenvalue weighted by Crippen LogP contribution is -2.31. The van der Waals surface area contributed by atoms with E-state index in [0.29, 0.717) is 0 Å². The molecule has 0 spiro atoms. The highest BCUT2D eigenvalue weighted by atomic mass is 15.1. The van der Waals surface area contributed by atoms with Gasteiger partial charge in [0.1, 0.15) is 0 Å². The van der Waals surface area contributed by atoms with E-state index < -0.39 is 0 Å². The summed E-state index contributed by atoms with van der Waals surface area (Å²) in [6.07, 6.45) is 1.19. The fraction of sp³-hybridized carbons (Fsp3) is 0.538. The van der Waals surface area contributed by atoms with Crippen LogP contribution in [0.1, 0.15) is 18.9 Å². The molecule has 15 heavy (non-hydrogen) atoms. The van der Waals surface area contributed by atoms with E-state index >= 15 is 0 Å². The number of benzene rings is 1. The van der Waals surface area contributed by atoms with Crippen LogP contribution in [0.2, 0.25) is 0 Å². The van der Waals surface area contributed by atoms with Crippen LogP contribution in [0.15, 0.2) is 24.3 Å². The number of likely N-dealkylation sites (N-methyl/N-ethyl adjacent to an activating group) is 1. The Morgan fingerprint density at radius 3 is 2.33 bits per heavy atom. The van der Waals surface area contributed by atoms with Crippen LogP contribution in [0.3, 0.4) is 0 Å². The van der Waals surface area contributed by atoms with E-state index in [2.05, 4.69) is 48.3 Å². The minimum Gasteiger partial charge on any atom is -0.370 e. The van der Waals surface area contributed by atoms with E-state index in [9.17, 15) is 0 Å². The molecular formula is C13H22N2. The fourth-order valence-corrected chi connectivity index (χ4v) is 1.64. The molecule has 2 heteroatoms. The zero-order valence-corrected chi connectivity index (χ0v) is 10.1. The van der Waals surface area contributed by atoms with E-state index in [1.165, 1.54) is 17.7 Å². The van der Waals surface area contributed by atoms with E-state index in [-0.39, 0.29) is 0 Å². The molecular weight excluding hydrogens is 184 g/mol. The van der Waals surface area contributed by atoms with Gasteiger partial charge in [-0.05, 0) is 32.5 Å². The first-order valence-electron chi connectivity index (χ1n) is 5.74. The van der Waals surface area contributed by atoms with Crippen LogP contribution >= 0.6 is 0 Å². The van der Waals surface area contributed by atoms with Crippen LogP contribution in [0, 0.1) is 6.92 Å². The summed E-state index contributed by atoms with van der Waals surface area (Å²) in [5.41, 5.74) is 2.65. The van der Waals surface area contributed by atoms with Gasteiger partial charge in [-0.25, -0.2) is 0 Å². The number of anilines is 1. The molecule has 0 heterocycles. The molecule has 1 rings (SSSR count). The van der Waals surface area contributed by atoms with Gasteiger partial charge in [0.15, 0.2) is 0 Å². The number of nitrogens with one attached hydrogen (secondary N) is 1. The normalized spacial score (nSPS) is 10.3. The fourth-order valence-electron chi connectivity index (χ4n) is 1.64. The molecule has 0 amide bonds. The minimum absolute atomic E-state index is 1.04. The van der Waals surface area contributed by atoms with Crippen LogP contribution in [0.5, 0.6) is 0 Å². The molecule has 0 aliphatic rings. The van der Waals surface area contributed by atoms with E-state index in [1.807, 2.05) is 7.05 Å². The Kier molecular flexibility index (Phi) is 5.19. The maximum atomic E-state index is 3.20. The SMILES string of the molecule is CCCN(CCNC)c1ccc(C)cc1. The van der Waals surface area contributed by atoms with Crippen LogP contribution in [0.25, 0.3) is 0 Å². The topological polar surface area (TPSA) is 15.3 Å². The molecule has 0 aromatic heterocycles. The van der Waals surface area contributed by atoms with Gasteiger partial charge in [-0.3, -0.25) is 0 Å². The number of nitrogens with zero attached hydrogens (tertiary/aromatic N) is 1. The number of hydrogen-bond donors (Lipinski definition) is 1. The largest absolute Gasteiger partial charge is 0.370 e. The van der Waals surface area contributed by atoms with E-state index in [1.54, 1.807) is 0 Å². The lowest BCUT2D eigenvalue weighted by Gasteiger charge is -2.24. The molecule has 84 valence electrons. The molecule has 0 radical (unpaired) electrons. The average Bonchev–Trinajstić information content (AvgIpc) is 2.25. The Hall–Kier alpha value is -1.02. The molecule has 0 saturated heterocycles. The average molecular weight is 206 g/mol. The molecule has 0 saturated carbocycles. The van der Waals surface area contributed by atoms with Gasteiger partial charge in [0.2, 0.25) is 0 Å². The third kappa shape index (κ3) is 3.92. The second-order valence-electron chi connectivity index (χ2n) is 3.93. The van der Waals surface area contributed by atoms with Gasteiger partial charge in [0, 0.05) is 25.3 Å². The first-order valence-corrected chi connectivity index (χ1v) is 5.74.